The first-order chi connectivity index (χ1) is 16.4. The van der Waals surface area contributed by atoms with Gasteiger partial charge < -0.3 is 19.8 Å². The van der Waals surface area contributed by atoms with E-state index in [0.29, 0.717) is 30.6 Å². The number of anilines is 3. The molecule has 4 rings (SSSR count). The van der Waals surface area contributed by atoms with Crippen LogP contribution in [0.4, 0.5) is 26.2 Å². The fraction of sp³-hybridized carbons (Fsp3) is 0.333. The summed E-state index contributed by atoms with van der Waals surface area (Å²) in [4.78, 5) is 24.1. The zero-order valence-corrected chi connectivity index (χ0v) is 18.5. The molecule has 0 saturated heterocycles. The topological polar surface area (TPSA) is 106 Å². The van der Waals surface area contributed by atoms with E-state index in [0.717, 1.165) is 37.0 Å². The van der Waals surface area contributed by atoms with Crippen molar-refractivity contribution in [3.8, 4) is 0 Å². The van der Waals surface area contributed by atoms with Gasteiger partial charge in [-0.1, -0.05) is 17.2 Å². The summed E-state index contributed by atoms with van der Waals surface area (Å²) in [6.45, 7) is 2.21. The lowest BCUT2D eigenvalue weighted by atomic mass is 9.95. The van der Waals surface area contributed by atoms with Gasteiger partial charge in [-0.25, -0.2) is 8.78 Å². The van der Waals surface area contributed by atoms with E-state index in [1.54, 1.807) is 19.1 Å². The van der Waals surface area contributed by atoms with Crippen LogP contribution in [-0.2, 0) is 9.53 Å². The van der Waals surface area contributed by atoms with Gasteiger partial charge in [-0.05, 0) is 67.9 Å². The summed E-state index contributed by atoms with van der Waals surface area (Å²) in [5.41, 5.74) is 1.91. The molecule has 2 atom stereocenters. The Morgan fingerprint density at radius 2 is 1.82 bits per heavy atom. The van der Waals surface area contributed by atoms with Crippen LogP contribution in [0.2, 0.25) is 0 Å². The van der Waals surface area contributed by atoms with Gasteiger partial charge in [0.2, 0.25) is 0 Å². The Morgan fingerprint density at radius 1 is 1.06 bits per heavy atom. The summed E-state index contributed by atoms with van der Waals surface area (Å²) in [6, 6.07) is 10.6. The Hall–Kier alpha value is -3.82. The van der Waals surface area contributed by atoms with Crippen molar-refractivity contribution >= 4 is 29.3 Å². The summed E-state index contributed by atoms with van der Waals surface area (Å²) in [5, 5.41) is 12.7. The summed E-state index contributed by atoms with van der Waals surface area (Å²) < 4.78 is 36.7. The molecule has 178 valence electrons. The average molecular weight is 470 g/mol. The van der Waals surface area contributed by atoms with Gasteiger partial charge in [-0.2, -0.15) is 0 Å². The highest BCUT2D eigenvalue weighted by molar-refractivity contribution is 6.00. The van der Waals surface area contributed by atoms with Crippen molar-refractivity contribution in [1.29, 1.82) is 0 Å². The maximum Gasteiger partial charge on any atom is 0.320 e. The highest BCUT2D eigenvalue weighted by Crippen LogP contribution is 2.40. The summed E-state index contributed by atoms with van der Waals surface area (Å²) >= 11 is 0. The molecule has 2 aromatic carbocycles. The van der Waals surface area contributed by atoms with E-state index in [1.807, 2.05) is 12.1 Å². The molecule has 1 aliphatic rings. The molecule has 34 heavy (non-hydrogen) atoms. The van der Waals surface area contributed by atoms with Crippen LogP contribution in [0, 0.1) is 17.6 Å². The van der Waals surface area contributed by atoms with Gasteiger partial charge >= 0.3 is 23.8 Å². The molecule has 10 heteroatoms. The fourth-order valence-electron chi connectivity index (χ4n) is 4.10. The molecule has 8 nitrogen and oxygen atoms in total. The molecule has 1 fully saturated rings. The molecule has 1 saturated carbocycles. The molecule has 0 radical (unpaired) electrons. The third-order valence-corrected chi connectivity index (χ3v) is 5.73. The van der Waals surface area contributed by atoms with Crippen LogP contribution in [0.1, 0.15) is 54.8 Å². The third-order valence-electron chi connectivity index (χ3n) is 5.73. The number of hydrogen-bond acceptors (Lipinski definition) is 7. The lowest BCUT2D eigenvalue weighted by Crippen LogP contribution is -2.12. The second-order valence-corrected chi connectivity index (χ2v) is 8.13. The van der Waals surface area contributed by atoms with Gasteiger partial charge in [0.25, 0.3) is 0 Å². The summed E-state index contributed by atoms with van der Waals surface area (Å²) in [5.74, 6) is -2.35. The number of nitrogens with zero attached hydrogens (tertiary/aromatic N) is 2. The van der Waals surface area contributed by atoms with Crippen molar-refractivity contribution < 1.29 is 27.5 Å². The van der Waals surface area contributed by atoms with E-state index in [9.17, 15) is 18.4 Å². The fourth-order valence-corrected chi connectivity index (χ4v) is 4.10. The zero-order valence-electron chi connectivity index (χ0n) is 18.5. The number of nitrogens with one attached hydrogen (secondary N) is 2. The molecule has 2 unspecified atom stereocenters. The van der Waals surface area contributed by atoms with Crippen molar-refractivity contribution in [2.75, 3.05) is 17.2 Å². The monoisotopic (exact) mass is 470 g/mol. The molecule has 0 bridgehead atoms. The molecular formula is C24H24F2N4O4. The molecule has 0 aliphatic heterocycles. The second-order valence-electron chi connectivity index (χ2n) is 8.13. The van der Waals surface area contributed by atoms with Crippen molar-refractivity contribution in [3.63, 3.8) is 0 Å². The quantitative estimate of drug-likeness (QED) is 0.437. The SMILES string of the molecule is CCOC(=O)CC1CCC(c2ccc(NC(=O)c3nnc(Nc4ccc(F)c(F)c4)o3)cc2)C1. The van der Waals surface area contributed by atoms with Crippen LogP contribution >= 0.6 is 0 Å². The van der Waals surface area contributed by atoms with Gasteiger partial charge in [-0.15, -0.1) is 5.10 Å². The minimum atomic E-state index is -1.03. The number of ether oxygens (including phenoxy) is 1. The molecule has 3 aromatic rings. The number of carbonyl (C=O) groups excluding carboxylic acids is 2. The molecule has 1 amide bonds. The molecule has 2 N–H and O–H groups in total. The maximum absolute atomic E-state index is 13.3. The van der Waals surface area contributed by atoms with Crippen LogP contribution < -0.4 is 10.6 Å². The smallest absolute Gasteiger partial charge is 0.320 e. The van der Waals surface area contributed by atoms with Crippen molar-refractivity contribution in [2.24, 2.45) is 5.92 Å². The van der Waals surface area contributed by atoms with Crippen molar-refractivity contribution in [1.82, 2.24) is 10.2 Å². The normalized spacial score (nSPS) is 17.4. The molecular weight excluding hydrogens is 446 g/mol. The summed E-state index contributed by atoms with van der Waals surface area (Å²) in [7, 11) is 0. The molecule has 1 heterocycles. The predicted molar refractivity (Wildman–Crippen MR) is 120 cm³/mol. The van der Waals surface area contributed by atoms with E-state index in [-0.39, 0.29) is 23.6 Å². The second kappa shape index (κ2) is 10.4. The Balaban J connectivity index is 1.31. The number of rotatable bonds is 8. The zero-order chi connectivity index (χ0) is 24.1. The lowest BCUT2D eigenvalue weighted by Gasteiger charge is -2.12. The largest absolute Gasteiger partial charge is 0.466 e. The maximum atomic E-state index is 13.3. The number of esters is 1. The van der Waals surface area contributed by atoms with Crippen LogP contribution in [0.3, 0.4) is 0 Å². The first-order valence-electron chi connectivity index (χ1n) is 11.0. The Morgan fingerprint density at radius 3 is 2.56 bits per heavy atom. The van der Waals surface area contributed by atoms with Gasteiger partial charge in [0.05, 0.1) is 6.61 Å². The Kier molecular flexibility index (Phi) is 7.15. The van der Waals surface area contributed by atoms with Gasteiger partial charge in [0.15, 0.2) is 11.6 Å². The number of amides is 1. The first-order valence-corrected chi connectivity index (χ1v) is 11.0. The minimum absolute atomic E-state index is 0.134. The lowest BCUT2D eigenvalue weighted by molar-refractivity contribution is -0.144. The van der Waals surface area contributed by atoms with E-state index < -0.39 is 17.5 Å². The van der Waals surface area contributed by atoms with Crippen LogP contribution in [0.15, 0.2) is 46.9 Å². The number of aromatic nitrogens is 2. The van der Waals surface area contributed by atoms with Gasteiger partial charge in [-0.3, -0.25) is 9.59 Å². The van der Waals surface area contributed by atoms with Crippen LogP contribution in [0.25, 0.3) is 0 Å². The average Bonchev–Trinajstić information content (AvgIpc) is 3.47. The molecule has 1 aromatic heterocycles. The van der Waals surface area contributed by atoms with Crippen molar-refractivity contribution in [3.05, 3.63) is 65.6 Å². The number of halogens is 2. The van der Waals surface area contributed by atoms with Crippen LogP contribution in [-0.4, -0.2) is 28.7 Å². The summed E-state index contributed by atoms with van der Waals surface area (Å²) in [6.07, 6.45) is 3.38. The van der Waals surface area contributed by atoms with E-state index in [2.05, 4.69) is 20.8 Å². The predicted octanol–water partition coefficient (Wildman–Crippen LogP) is 5.18. The Labute approximate surface area is 194 Å². The minimum Gasteiger partial charge on any atom is -0.466 e. The van der Waals surface area contributed by atoms with Gasteiger partial charge in [0, 0.05) is 23.9 Å². The highest BCUT2D eigenvalue weighted by atomic mass is 19.2. The number of benzene rings is 2. The highest BCUT2D eigenvalue weighted by Gasteiger charge is 2.28. The van der Waals surface area contributed by atoms with Gasteiger partial charge in [0.1, 0.15) is 0 Å². The number of hydrogen-bond donors (Lipinski definition) is 2. The first kappa shape index (κ1) is 23.3. The van der Waals surface area contributed by atoms with Crippen LogP contribution in [0.5, 0.6) is 0 Å². The third kappa shape index (κ3) is 5.75. The standard InChI is InChI=1S/C24H24F2N4O4/c1-2-33-21(31)12-14-3-4-16(11-14)15-5-7-17(8-6-15)27-22(32)23-29-30-24(34-23)28-18-9-10-19(25)20(26)13-18/h5-10,13-14,16H,2-4,11-12H2,1H3,(H,27,32)(H,28,30). The van der Waals surface area contributed by atoms with E-state index in [4.69, 9.17) is 9.15 Å². The molecule has 1 aliphatic carbocycles. The van der Waals surface area contributed by atoms with E-state index in [1.165, 1.54) is 6.07 Å². The van der Waals surface area contributed by atoms with Crippen molar-refractivity contribution in [2.45, 2.75) is 38.5 Å². The van der Waals surface area contributed by atoms with E-state index >= 15 is 0 Å². The Bertz CT molecular complexity index is 1170. The number of carbonyl (C=O) groups is 2. The molecule has 0 spiro atoms.